The number of nitrogens with zero attached hydrogens (tertiary/aromatic N) is 1. The summed E-state index contributed by atoms with van der Waals surface area (Å²) in [5.74, 6) is 0.134. The molecule has 1 N–H and O–H groups in total. The highest BCUT2D eigenvalue weighted by molar-refractivity contribution is 5.74. The second-order valence-corrected chi connectivity index (χ2v) is 5.53. The van der Waals surface area contributed by atoms with E-state index in [9.17, 15) is 9.90 Å². The van der Waals surface area contributed by atoms with Crippen molar-refractivity contribution in [1.29, 1.82) is 0 Å². The summed E-state index contributed by atoms with van der Waals surface area (Å²) < 4.78 is 0. The molecule has 0 spiro atoms. The van der Waals surface area contributed by atoms with Crippen molar-refractivity contribution in [1.82, 2.24) is 4.90 Å². The van der Waals surface area contributed by atoms with Gasteiger partial charge in [0.05, 0.1) is 5.41 Å². The Morgan fingerprint density at radius 2 is 2.12 bits per heavy atom. The van der Waals surface area contributed by atoms with Crippen molar-refractivity contribution in [2.45, 2.75) is 46.5 Å². The zero-order chi connectivity index (χ0) is 12.2. The number of likely N-dealkylation sites (tertiary alicyclic amines) is 1. The maximum atomic E-state index is 11.2. The van der Waals surface area contributed by atoms with Crippen LogP contribution in [0.4, 0.5) is 0 Å². The maximum absolute atomic E-state index is 11.2. The Morgan fingerprint density at radius 3 is 2.69 bits per heavy atom. The van der Waals surface area contributed by atoms with Gasteiger partial charge >= 0.3 is 5.97 Å². The third kappa shape index (κ3) is 3.48. The van der Waals surface area contributed by atoms with Crippen LogP contribution in [0.25, 0.3) is 0 Å². The molecule has 0 bridgehead atoms. The van der Waals surface area contributed by atoms with Crippen molar-refractivity contribution in [2.24, 2.45) is 11.3 Å². The van der Waals surface area contributed by atoms with Crippen LogP contribution in [-0.2, 0) is 4.79 Å². The van der Waals surface area contributed by atoms with Gasteiger partial charge in [0, 0.05) is 6.54 Å². The first-order chi connectivity index (χ1) is 7.48. The molecule has 0 aromatic rings. The summed E-state index contributed by atoms with van der Waals surface area (Å²) in [6.07, 6.45) is 4.40. The molecular weight excluding hydrogens is 202 g/mol. The number of carbonyl (C=O) groups is 1. The molecule has 1 heterocycles. The molecule has 16 heavy (non-hydrogen) atoms. The van der Waals surface area contributed by atoms with Crippen LogP contribution in [0.5, 0.6) is 0 Å². The number of rotatable bonds is 4. The van der Waals surface area contributed by atoms with E-state index in [1.807, 2.05) is 13.8 Å². The molecule has 1 aliphatic heterocycles. The Balaban J connectivity index is 2.54. The van der Waals surface area contributed by atoms with E-state index < -0.39 is 11.4 Å². The van der Waals surface area contributed by atoms with Crippen LogP contribution in [0.3, 0.4) is 0 Å². The molecule has 1 fully saturated rings. The normalized spacial score (nSPS) is 27.1. The molecule has 1 aliphatic rings. The van der Waals surface area contributed by atoms with E-state index in [0.29, 0.717) is 13.0 Å². The zero-order valence-electron chi connectivity index (χ0n) is 10.8. The van der Waals surface area contributed by atoms with E-state index in [1.165, 1.54) is 19.3 Å². The Labute approximate surface area is 98.8 Å². The highest BCUT2D eigenvalue weighted by atomic mass is 16.4. The minimum absolute atomic E-state index is 0.576. The van der Waals surface area contributed by atoms with Gasteiger partial charge in [-0.15, -0.1) is 0 Å². The highest BCUT2D eigenvalue weighted by Crippen LogP contribution is 2.25. The molecule has 3 nitrogen and oxygen atoms in total. The second-order valence-electron chi connectivity index (χ2n) is 5.53. The predicted octanol–water partition coefficient (Wildman–Crippen LogP) is 2.61. The Kier molecular flexibility index (Phi) is 4.78. The van der Waals surface area contributed by atoms with Crippen LogP contribution in [0, 0.1) is 11.3 Å². The molecule has 0 saturated carbocycles. The number of carboxylic acid groups (broad SMARTS) is 1. The summed E-state index contributed by atoms with van der Waals surface area (Å²) in [4.78, 5) is 13.6. The first-order valence-electron chi connectivity index (χ1n) is 6.43. The van der Waals surface area contributed by atoms with Gasteiger partial charge < -0.3 is 10.0 Å². The average Bonchev–Trinajstić information content (AvgIpc) is 2.43. The zero-order valence-corrected chi connectivity index (χ0v) is 10.8. The molecule has 0 amide bonds. The van der Waals surface area contributed by atoms with E-state index in [0.717, 1.165) is 19.0 Å². The number of aliphatic carboxylic acids is 1. The molecule has 2 atom stereocenters. The fourth-order valence-electron chi connectivity index (χ4n) is 2.30. The fraction of sp³-hybridized carbons (Fsp3) is 0.923. The lowest BCUT2D eigenvalue weighted by Crippen LogP contribution is -2.41. The maximum Gasteiger partial charge on any atom is 0.310 e. The Morgan fingerprint density at radius 1 is 1.44 bits per heavy atom. The van der Waals surface area contributed by atoms with Crippen molar-refractivity contribution in [2.75, 3.05) is 19.6 Å². The van der Waals surface area contributed by atoms with Crippen molar-refractivity contribution < 1.29 is 9.90 Å². The largest absolute Gasteiger partial charge is 0.481 e. The van der Waals surface area contributed by atoms with Gasteiger partial charge in [0.2, 0.25) is 0 Å². The van der Waals surface area contributed by atoms with E-state index in [-0.39, 0.29) is 0 Å². The minimum atomic E-state index is -0.660. The molecule has 94 valence electrons. The third-order valence-electron chi connectivity index (χ3n) is 3.98. The summed E-state index contributed by atoms with van der Waals surface area (Å²) in [5, 5.41) is 9.26. The van der Waals surface area contributed by atoms with Crippen molar-refractivity contribution >= 4 is 5.97 Å². The summed E-state index contributed by atoms with van der Waals surface area (Å²) in [6.45, 7) is 8.95. The average molecular weight is 227 g/mol. The molecule has 0 aromatic heterocycles. The van der Waals surface area contributed by atoms with Crippen molar-refractivity contribution in [3.05, 3.63) is 0 Å². The topological polar surface area (TPSA) is 40.5 Å². The summed E-state index contributed by atoms with van der Waals surface area (Å²) in [6, 6.07) is 0. The lowest BCUT2D eigenvalue weighted by atomic mass is 9.87. The third-order valence-corrected chi connectivity index (χ3v) is 3.98. The van der Waals surface area contributed by atoms with Crippen LogP contribution in [0.15, 0.2) is 0 Å². The van der Waals surface area contributed by atoms with Gasteiger partial charge in [0.1, 0.15) is 0 Å². The molecule has 1 rings (SSSR count). The molecule has 2 unspecified atom stereocenters. The lowest BCUT2D eigenvalue weighted by Gasteiger charge is -2.30. The highest BCUT2D eigenvalue weighted by Gasteiger charge is 2.33. The molecular formula is C13H25NO2. The molecule has 0 radical (unpaired) electrons. The van der Waals surface area contributed by atoms with Crippen LogP contribution >= 0.6 is 0 Å². The molecule has 1 saturated heterocycles. The van der Waals surface area contributed by atoms with E-state index in [2.05, 4.69) is 11.8 Å². The molecule has 0 aromatic carbocycles. The van der Waals surface area contributed by atoms with Crippen molar-refractivity contribution in [3.63, 3.8) is 0 Å². The number of hydrogen-bond acceptors (Lipinski definition) is 2. The fourth-order valence-corrected chi connectivity index (χ4v) is 2.30. The van der Waals surface area contributed by atoms with E-state index >= 15 is 0 Å². The van der Waals surface area contributed by atoms with Crippen LogP contribution in [0.2, 0.25) is 0 Å². The first-order valence-corrected chi connectivity index (χ1v) is 6.43. The van der Waals surface area contributed by atoms with Crippen molar-refractivity contribution in [3.8, 4) is 0 Å². The van der Waals surface area contributed by atoms with Crippen LogP contribution in [0.1, 0.15) is 46.5 Å². The molecule has 3 heteroatoms. The van der Waals surface area contributed by atoms with Gasteiger partial charge in [-0.3, -0.25) is 4.79 Å². The van der Waals surface area contributed by atoms with Gasteiger partial charge in [-0.2, -0.15) is 0 Å². The van der Waals surface area contributed by atoms with Gasteiger partial charge in [-0.05, 0) is 51.6 Å². The Hall–Kier alpha value is -0.570. The minimum Gasteiger partial charge on any atom is -0.481 e. The summed E-state index contributed by atoms with van der Waals surface area (Å²) in [5.41, 5.74) is -0.576. The van der Waals surface area contributed by atoms with Gasteiger partial charge in [0.25, 0.3) is 0 Å². The van der Waals surface area contributed by atoms with Crippen LogP contribution in [-0.4, -0.2) is 35.6 Å². The smallest absolute Gasteiger partial charge is 0.310 e. The summed E-state index contributed by atoms with van der Waals surface area (Å²) in [7, 11) is 0. The Bertz CT molecular complexity index is 242. The quantitative estimate of drug-likeness (QED) is 0.802. The van der Waals surface area contributed by atoms with Gasteiger partial charge in [-0.1, -0.05) is 13.8 Å². The summed E-state index contributed by atoms with van der Waals surface area (Å²) >= 11 is 0. The standard InChI is InChI=1S/C13H25NO2/c1-4-13(3,12(15)16)10-14-8-5-6-11(2)7-9-14/h11H,4-10H2,1-3H3,(H,15,16). The SMILES string of the molecule is CCC(C)(CN1CCCC(C)CC1)C(=O)O. The number of hydrogen-bond donors (Lipinski definition) is 1. The lowest BCUT2D eigenvalue weighted by molar-refractivity contribution is -0.149. The van der Waals surface area contributed by atoms with E-state index in [1.54, 1.807) is 0 Å². The second kappa shape index (κ2) is 5.67. The molecule has 0 aliphatic carbocycles. The van der Waals surface area contributed by atoms with Crippen LogP contribution < -0.4 is 0 Å². The van der Waals surface area contributed by atoms with Gasteiger partial charge in [-0.25, -0.2) is 0 Å². The first kappa shape index (κ1) is 13.5. The van der Waals surface area contributed by atoms with Gasteiger partial charge in [0.15, 0.2) is 0 Å². The monoisotopic (exact) mass is 227 g/mol. The number of carboxylic acids is 1. The predicted molar refractivity (Wildman–Crippen MR) is 65.5 cm³/mol. The van der Waals surface area contributed by atoms with E-state index in [4.69, 9.17) is 0 Å².